The van der Waals surface area contributed by atoms with Gasteiger partial charge in [-0.2, -0.15) is 0 Å². The number of halogens is 4. The fourth-order valence-corrected chi connectivity index (χ4v) is 2.17. The number of rotatable bonds is 4. The lowest BCUT2D eigenvalue weighted by Gasteiger charge is -2.27. The zero-order chi connectivity index (χ0) is 16.2. The van der Waals surface area contributed by atoms with Crippen molar-refractivity contribution in [3.63, 3.8) is 0 Å². The molecule has 3 nitrogen and oxygen atoms in total. The molecule has 0 aliphatic carbocycles. The Balaban J connectivity index is 2.13. The minimum absolute atomic E-state index is 0.378. The first kappa shape index (κ1) is 17.2. The van der Waals surface area contributed by atoms with E-state index < -0.39 is 9.96 Å². The molecule has 0 heterocycles. The molecular formula is C15H12Cl4N2O. The summed E-state index contributed by atoms with van der Waals surface area (Å²) in [5.74, 6) is -0.378. The van der Waals surface area contributed by atoms with Crippen molar-refractivity contribution in [2.24, 2.45) is 0 Å². The Morgan fingerprint density at radius 1 is 0.955 bits per heavy atom. The summed E-state index contributed by atoms with van der Waals surface area (Å²) in [6.07, 6.45) is -0.900. The Morgan fingerprint density at radius 3 is 2.09 bits per heavy atom. The molecule has 0 aliphatic rings. The molecule has 0 saturated carbocycles. The second-order valence-corrected chi connectivity index (χ2v) is 7.27. The van der Waals surface area contributed by atoms with E-state index in [0.29, 0.717) is 10.6 Å². The van der Waals surface area contributed by atoms with Gasteiger partial charge in [0.25, 0.3) is 5.91 Å². The highest BCUT2D eigenvalue weighted by Crippen LogP contribution is 2.31. The van der Waals surface area contributed by atoms with Crippen LogP contribution in [0, 0.1) is 0 Å². The van der Waals surface area contributed by atoms with E-state index in [1.165, 1.54) is 0 Å². The number of para-hydroxylation sites is 1. The van der Waals surface area contributed by atoms with Gasteiger partial charge in [-0.1, -0.05) is 64.6 Å². The molecule has 0 bridgehead atoms. The molecule has 0 spiro atoms. The molecule has 0 aliphatic heterocycles. The van der Waals surface area contributed by atoms with Crippen LogP contribution >= 0.6 is 46.4 Å². The van der Waals surface area contributed by atoms with E-state index in [4.69, 9.17) is 46.4 Å². The number of anilines is 1. The smallest absolute Gasteiger partial charge is 0.252 e. The van der Waals surface area contributed by atoms with Crippen molar-refractivity contribution < 1.29 is 4.79 Å². The average molecular weight is 378 g/mol. The van der Waals surface area contributed by atoms with Crippen molar-refractivity contribution in [3.05, 3.63) is 65.2 Å². The molecule has 116 valence electrons. The quantitative estimate of drug-likeness (QED) is 0.588. The van der Waals surface area contributed by atoms with Gasteiger partial charge in [0, 0.05) is 16.3 Å². The molecule has 1 amide bonds. The highest BCUT2D eigenvalue weighted by atomic mass is 35.6. The molecule has 0 saturated heterocycles. The maximum Gasteiger partial charge on any atom is 0.252 e. The van der Waals surface area contributed by atoms with Crippen molar-refractivity contribution >= 4 is 58.0 Å². The van der Waals surface area contributed by atoms with Crippen LogP contribution in [-0.2, 0) is 0 Å². The van der Waals surface area contributed by atoms with E-state index in [1.54, 1.807) is 36.4 Å². The second kappa shape index (κ2) is 7.42. The SMILES string of the molecule is O=C(N[C@H](Nc1ccccc1)C(Cl)(Cl)Cl)c1ccc(Cl)cc1. The molecule has 0 radical (unpaired) electrons. The van der Waals surface area contributed by atoms with Gasteiger partial charge in [-0.3, -0.25) is 4.79 Å². The number of alkyl halides is 3. The maximum absolute atomic E-state index is 12.2. The average Bonchev–Trinajstić information content (AvgIpc) is 2.47. The van der Waals surface area contributed by atoms with E-state index in [2.05, 4.69) is 10.6 Å². The zero-order valence-electron chi connectivity index (χ0n) is 11.2. The predicted molar refractivity (Wildman–Crippen MR) is 93.1 cm³/mol. The Hall–Kier alpha value is -1.13. The maximum atomic E-state index is 12.2. The first-order valence-electron chi connectivity index (χ1n) is 6.31. The normalized spacial score (nSPS) is 12.5. The number of amides is 1. The van der Waals surface area contributed by atoms with Gasteiger partial charge in [0.2, 0.25) is 3.79 Å². The van der Waals surface area contributed by atoms with Gasteiger partial charge in [-0.15, -0.1) is 0 Å². The summed E-state index contributed by atoms with van der Waals surface area (Å²) >= 11 is 23.6. The largest absolute Gasteiger partial charge is 0.362 e. The van der Waals surface area contributed by atoms with Crippen molar-refractivity contribution in [1.82, 2.24) is 5.32 Å². The highest BCUT2D eigenvalue weighted by Gasteiger charge is 2.34. The molecule has 7 heteroatoms. The molecule has 2 aromatic carbocycles. The fraction of sp³-hybridized carbons (Fsp3) is 0.133. The van der Waals surface area contributed by atoms with Gasteiger partial charge in [-0.25, -0.2) is 0 Å². The van der Waals surface area contributed by atoms with Gasteiger partial charge < -0.3 is 10.6 Å². The lowest BCUT2D eigenvalue weighted by molar-refractivity contribution is 0.0942. The molecular weight excluding hydrogens is 366 g/mol. The Labute approximate surface area is 148 Å². The summed E-state index contributed by atoms with van der Waals surface area (Å²) in [4.78, 5) is 12.2. The standard InChI is InChI=1S/C15H12Cl4N2O/c16-11-8-6-10(7-9-11)13(22)21-14(15(17,18)19)20-12-4-2-1-3-5-12/h1-9,14,20H,(H,21,22)/t14-/m0/s1. The van der Waals surface area contributed by atoms with E-state index in [9.17, 15) is 4.79 Å². The Bertz CT molecular complexity index is 626. The summed E-state index contributed by atoms with van der Waals surface area (Å²) in [5.41, 5.74) is 1.13. The number of nitrogens with one attached hydrogen (secondary N) is 2. The van der Waals surface area contributed by atoms with Gasteiger partial charge in [0.15, 0.2) is 0 Å². The van der Waals surface area contributed by atoms with Crippen molar-refractivity contribution in [2.75, 3.05) is 5.32 Å². The van der Waals surface area contributed by atoms with Crippen LogP contribution in [0.5, 0.6) is 0 Å². The van der Waals surface area contributed by atoms with Crippen LogP contribution in [0.15, 0.2) is 54.6 Å². The van der Waals surface area contributed by atoms with Gasteiger partial charge >= 0.3 is 0 Å². The van der Waals surface area contributed by atoms with Gasteiger partial charge in [-0.05, 0) is 36.4 Å². The molecule has 0 unspecified atom stereocenters. The zero-order valence-corrected chi connectivity index (χ0v) is 14.2. The van der Waals surface area contributed by atoms with Crippen LogP contribution in [0.25, 0.3) is 0 Å². The summed E-state index contributed by atoms with van der Waals surface area (Å²) in [5, 5.41) is 6.17. The number of hydrogen-bond donors (Lipinski definition) is 2. The third-order valence-corrected chi connectivity index (χ3v) is 3.70. The lowest BCUT2D eigenvalue weighted by Crippen LogP contribution is -2.49. The highest BCUT2D eigenvalue weighted by molar-refractivity contribution is 6.68. The molecule has 2 rings (SSSR count). The van der Waals surface area contributed by atoms with Crippen LogP contribution in [0.1, 0.15) is 10.4 Å². The molecule has 1 atom stereocenters. The van der Waals surface area contributed by atoms with Gasteiger partial charge in [0.05, 0.1) is 0 Å². The van der Waals surface area contributed by atoms with Crippen LogP contribution in [0.3, 0.4) is 0 Å². The van der Waals surface area contributed by atoms with E-state index >= 15 is 0 Å². The van der Waals surface area contributed by atoms with Crippen LogP contribution in [-0.4, -0.2) is 15.9 Å². The Kier molecular flexibility index (Phi) is 5.81. The van der Waals surface area contributed by atoms with Crippen molar-refractivity contribution in [3.8, 4) is 0 Å². The lowest BCUT2D eigenvalue weighted by atomic mass is 10.2. The molecule has 2 aromatic rings. The second-order valence-electron chi connectivity index (χ2n) is 4.47. The summed E-state index contributed by atoms with van der Waals surface area (Å²) < 4.78 is -1.72. The molecule has 22 heavy (non-hydrogen) atoms. The first-order valence-corrected chi connectivity index (χ1v) is 7.82. The van der Waals surface area contributed by atoms with Crippen LogP contribution in [0.4, 0.5) is 5.69 Å². The van der Waals surface area contributed by atoms with E-state index in [1.807, 2.05) is 18.2 Å². The third kappa shape index (κ3) is 4.96. The van der Waals surface area contributed by atoms with Crippen LogP contribution < -0.4 is 10.6 Å². The number of carbonyl (C=O) groups excluding carboxylic acids is 1. The molecule has 2 N–H and O–H groups in total. The minimum atomic E-state index is -1.72. The predicted octanol–water partition coefficient (Wildman–Crippen LogP) is 4.88. The number of hydrogen-bond acceptors (Lipinski definition) is 2. The topological polar surface area (TPSA) is 41.1 Å². The van der Waals surface area contributed by atoms with Crippen LogP contribution in [0.2, 0.25) is 5.02 Å². The monoisotopic (exact) mass is 376 g/mol. The van der Waals surface area contributed by atoms with E-state index in [0.717, 1.165) is 5.69 Å². The summed E-state index contributed by atoms with van der Waals surface area (Å²) in [6.45, 7) is 0. The van der Waals surface area contributed by atoms with Gasteiger partial charge in [0.1, 0.15) is 6.17 Å². The summed E-state index contributed by atoms with van der Waals surface area (Å²) in [7, 11) is 0. The molecule has 0 aromatic heterocycles. The molecule has 0 fully saturated rings. The van der Waals surface area contributed by atoms with Crippen molar-refractivity contribution in [1.29, 1.82) is 0 Å². The van der Waals surface area contributed by atoms with E-state index in [-0.39, 0.29) is 5.91 Å². The first-order chi connectivity index (χ1) is 10.4. The Morgan fingerprint density at radius 2 is 1.55 bits per heavy atom. The fourth-order valence-electron chi connectivity index (χ4n) is 1.72. The van der Waals surface area contributed by atoms with Crippen molar-refractivity contribution in [2.45, 2.75) is 9.96 Å². The minimum Gasteiger partial charge on any atom is -0.362 e. The number of carbonyl (C=O) groups is 1. The summed E-state index contributed by atoms with van der Waals surface area (Å²) in [6, 6.07) is 15.6. The number of benzene rings is 2. The third-order valence-electron chi connectivity index (χ3n) is 2.79.